The van der Waals surface area contributed by atoms with E-state index in [2.05, 4.69) is 15.0 Å². The van der Waals surface area contributed by atoms with Gasteiger partial charge in [-0.25, -0.2) is 4.98 Å². The van der Waals surface area contributed by atoms with Crippen molar-refractivity contribution in [2.75, 3.05) is 5.32 Å². The summed E-state index contributed by atoms with van der Waals surface area (Å²) in [6, 6.07) is 4.51. The number of amides is 1. The minimum atomic E-state index is -0.810. The Labute approximate surface area is 155 Å². The zero-order chi connectivity index (χ0) is 18.8. The van der Waals surface area contributed by atoms with Crippen molar-refractivity contribution in [2.45, 2.75) is 38.3 Å². The summed E-state index contributed by atoms with van der Waals surface area (Å²) < 4.78 is 18.7. The molecule has 0 fully saturated rings. The van der Waals surface area contributed by atoms with E-state index < -0.39 is 5.95 Å². The van der Waals surface area contributed by atoms with Gasteiger partial charge in [-0.3, -0.25) is 9.52 Å². The molecule has 0 atom stereocenters. The predicted molar refractivity (Wildman–Crippen MR) is 99.2 cm³/mol. The van der Waals surface area contributed by atoms with Gasteiger partial charge in [0.25, 0.3) is 5.91 Å². The van der Waals surface area contributed by atoms with E-state index in [0.717, 1.165) is 22.2 Å². The number of fused-ring (bicyclic) bond motifs is 1. The molecule has 0 radical (unpaired) electrons. The van der Waals surface area contributed by atoms with E-state index in [-0.39, 0.29) is 17.3 Å². The Bertz CT molecular complexity index is 942. The van der Waals surface area contributed by atoms with Crippen molar-refractivity contribution < 1.29 is 9.18 Å². The number of aromatic nitrogens is 2. The topological polar surface area (TPSA) is 82.7 Å². The minimum absolute atomic E-state index is 0.0866. The maximum absolute atomic E-state index is 13.5. The lowest BCUT2D eigenvalue weighted by Crippen LogP contribution is -2.18. The molecule has 0 aromatic carbocycles. The molecular formula is C18H18FN5OS. The normalized spacial score (nSPS) is 12.3. The summed E-state index contributed by atoms with van der Waals surface area (Å²) in [5.74, 6) is -1.16. The standard InChI is InChI=1S/C18H18FN5OS/c1-10(2)23-26-17-11(3)16(24-6-4-5-14(17)24)18(25)22-12-7-13(9-20)21-15(19)8-12/h4-5,7-8,10,23H,6H2,1-3H3,(H,21,22,25). The van der Waals surface area contributed by atoms with Crippen LogP contribution in [0.4, 0.5) is 10.1 Å². The van der Waals surface area contributed by atoms with Crippen LogP contribution in [0.5, 0.6) is 0 Å². The molecule has 0 unspecified atom stereocenters. The first kappa shape index (κ1) is 18.2. The van der Waals surface area contributed by atoms with Crippen molar-refractivity contribution in [1.29, 1.82) is 5.26 Å². The van der Waals surface area contributed by atoms with Crippen LogP contribution in [0.1, 0.15) is 41.3 Å². The first-order chi connectivity index (χ1) is 12.4. The van der Waals surface area contributed by atoms with Gasteiger partial charge in [0.05, 0.1) is 10.6 Å². The molecule has 2 N–H and O–H groups in total. The van der Waals surface area contributed by atoms with Crippen LogP contribution >= 0.6 is 11.9 Å². The third kappa shape index (κ3) is 3.49. The van der Waals surface area contributed by atoms with Crippen molar-refractivity contribution in [3.05, 3.63) is 46.8 Å². The minimum Gasteiger partial charge on any atom is -0.332 e. The molecule has 26 heavy (non-hydrogen) atoms. The van der Waals surface area contributed by atoms with Gasteiger partial charge in [-0.15, -0.1) is 0 Å². The van der Waals surface area contributed by atoms with Gasteiger partial charge in [0.15, 0.2) is 0 Å². The number of halogens is 1. The molecule has 0 saturated carbocycles. The highest BCUT2D eigenvalue weighted by atomic mass is 32.2. The monoisotopic (exact) mass is 371 g/mol. The van der Waals surface area contributed by atoms with Gasteiger partial charge in [-0.05, 0) is 50.4 Å². The van der Waals surface area contributed by atoms with Crippen molar-refractivity contribution >= 4 is 29.6 Å². The summed E-state index contributed by atoms with van der Waals surface area (Å²) in [6.07, 6.45) is 3.99. The third-order valence-corrected chi connectivity index (χ3v) is 5.14. The molecule has 0 spiro atoms. The Morgan fingerprint density at radius 3 is 2.92 bits per heavy atom. The summed E-state index contributed by atoms with van der Waals surface area (Å²) in [5, 5.41) is 11.6. The fourth-order valence-electron chi connectivity index (χ4n) is 2.79. The van der Waals surface area contributed by atoms with E-state index in [1.54, 1.807) is 6.07 Å². The van der Waals surface area contributed by atoms with E-state index in [0.29, 0.717) is 18.3 Å². The van der Waals surface area contributed by atoms with Gasteiger partial charge in [0, 0.05) is 24.3 Å². The number of hydrogen-bond acceptors (Lipinski definition) is 5. The SMILES string of the molecule is Cc1c(SNC(C)C)c2n(c1C(=O)Nc1cc(F)nc(C#N)c1)CC=C2. The molecule has 0 saturated heterocycles. The van der Waals surface area contributed by atoms with Crippen LogP contribution in [0, 0.1) is 24.2 Å². The molecular weight excluding hydrogens is 353 g/mol. The number of carbonyl (C=O) groups excluding carboxylic acids is 1. The number of nitrogens with zero attached hydrogens (tertiary/aromatic N) is 3. The molecule has 134 valence electrons. The fourth-order valence-corrected chi connectivity index (χ4v) is 3.67. The van der Waals surface area contributed by atoms with Crippen LogP contribution in [0.3, 0.4) is 0 Å². The molecule has 3 rings (SSSR count). The van der Waals surface area contributed by atoms with Gasteiger partial charge in [0.2, 0.25) is 5.95 Å². The Hall–Kier alpha value is -2.63. The average Bonchev–Trinajstić information content (AvgIpc) is 3.12. The quantitative estimate of drug-likeness (QED) is 0.621. The van der Waals surface area contributed by atoms with Gasteiger partial charge in [0.1, 0.15) is 17.5 Å². The Balaban J connectivity index is 1.92. The third-order valence-electron chi connectivity index (χ3n) is 3.83. The maximum Gasteiger partial charge on any atom is 0.272 e. The first-order valence-electron chi connectivity index (χ1n) is 8.11. The van der Waals surface area contributed by atoms with Crippen LogP contribution < -0.4 is 10.0 Å². The lowest BCUT2D eigenvalue weighted by Gasteiger charge is -2.09. The largest absolute Gasteiger partial charge is 0.332 e. The highest BCUT2D eigenvalue weighted by Gasteiger charge is 2.26. The molecule has 1 aliphatic rings. The van der Waals surface area contributed by atoms with Gasteiger partial charge in [-0.2, -0.15) is 9.65 Å². The second-order valence-electron chi connectivity index (χ2n) is 6.21. The molecule has 0 aliphatic carbocycles. The summed E-state index contributed by atoms with van der Waals surface area (Å²) in [7, 11) is 0. The van der Waals surface area contributed by atoms with Crippen LogP contribution in [0.15, 0.2) is 23.1 Å². The second-order valence-corrected chi connectivity index (χ2v) is 7.05. The molecule has 2 aromatic rings. The Kier molecular flexibility index (Phi) is 5.11. The zero-order valence-electron chi connectivity index (χ0n) is 14.6. The molecule has 1 amide bonds. The number of anilines is 1. The highest BCUT2D eigenvalue weighted by molar-refractivity contribution is 7.97. The molecule has 3 heterocycles. The van der Waals surface area contributed by atoms with Gasteiger partial charge in [-0.1, -0.05) is 6.08 Å². The predicted octanol–water partition coefficient (Wildman–Crippen LogP) is 3.49. The summed E-state index contributed by atoms with van der Waals surface area (Å²) in [4.78, 5) is 17.3. The number of rotatable bonds is 5. The van der Waals surface area contributed by atoms with Crippen molar-refractivity contribution in [2.24, 2.45) is 0 Å². The molecule has 2 aromatic heterocycles. The van der Waals surface area contributed by atoms with Crippen molar-refractivity contribution in [3.8, 4) is 6.07 Å². The van der Waals surface area contributed by atoms with Crippen LogP contribution in [-0.4, -0.2) is 21.5 Å². The van der Waals surface area contributed by atoms with E-state index in [1.165, 1.54) is 18.0 Å². The van der Waals surface area contributed by atoms with E-state index in [1.807, 2.05) is 37.5 Å². The molecule has 6 nitrogen and oxygen atoms in total. The fraction of sp³-hybridized carbons (Fsp3) is 0.278. The smallest absolute Gasteiger partial charge is 0.272 e. The van der Waals surface area contributed by atoms with Gasteiger partial charge < -0.3 is 9.88 Å². The maximum atomic E-state index is 13.5. The molecule has 1 aliphatic heterocycles. The van der Waals surface area contributed by atoms with Crippen molar-refractivity contribution in [3.63, 3.8) is 0 Å². The number of carbonyl (C=O) groups is 1. The van der Waals surface area contributed by atoms with Crippen LogP contribution in [0.25, 0.3) is 6.08 Å². The van der Waals surface area contributed by atoms with Gasteiger partial charge >= 0.3 is 0 Å². The van der Waals surface area contributed by atoms with Crippen LogP contribution in [0.2, 0.25) is 0 Å². The summed E-state index contributed by atoms with van der Waals surface area (Å²) in [5.41, 5.74) is 2.47. The number of pyridine rings is 1. The Morgan fingerprint density at radius 2 is 2.23 bits per heavy atom. The van der Waals surface area contributed by atoms with E-state index >= 15 is 0 Å². The second kappa shape index (κ2) is 7.32. The highest BCUT2D eigenvalue weighted by Crippen LogP contribution is 2.34. The number of hydrogen-bond donors (Lipinski definition) is 2. The summed E-state index contributed by atoms with van der Waals surface area (Å²) in [6.45, 7) is 6.60. The molecule has 0 bridgehead atoms. The van der Waals surface area contributed by atoms with E-state index in [9.17, 15) is 9.18 Å². The number of nitrogens with one attached hydrogen (secondary N) is 2. The average molecular weight is 371 g/mol. The number of nitriles is 1. The Morgan fingerprint density at radius 1 is 1.46 bits per heavy atom. The molecule has 8 heteroatoms. The van der Waals surface area contributed by atoms with Crippen molar-refractivity contribution in [1.82, 2.24) is 14.3 Å². The summed E-state index contributed by atoms with van der Waals surface area (Å²) >= 11 is 1.50. The lowest BCUT2D eigenvalue weighted by molar-refractivity contribution is 0.101. The number of allylic oxidation sites excluding steroid dienone is 1. The van der Waals surface area contributed by atoms with E-state index in [4.69, 9.17) is 5.26 Å². The van der Waals surface area contributed by atoms with Crippen LogP contribution in [-0.2, 0) is 6.54 Å². The lowest BCUT2D eigenvalue weighted by atomic mass is 10.2. The zero-order valence-corrected chi connectivity index (χ0v) is 15.4. The first-order valence-corrected chi connectivity index (χ1v) is 8.93.